The highest BCUT2D eigenvalue weighted by Crippen LogP contribution is 2.39. The van der Waals surface area contributed by atoms with Gasteiger partial charge in [0.05, 0.1) is 0 Å². The van der Waals surface area contributed by atoms with Crippen molar-refractivity contribution in [2.45, 2.75) is 31.6 Å². The number of carboxylic acids is 1. The summed E-state index contributed by atoms with van der Waals surface area (Å²) in [4.78, 5) is 23.9. The predicted molar refractivity (Wildman–Crippen MR) is 124 cm³/mol. The molecule has 3 aromatic rings. The molecule has 0 spiro atoms. The van der Waals surface area contributed by atoms with Gasteiger partial charge in [0, 0.05) is 5.56 Å². The minimum atomic E-state index is -1.21. The zero-order valence-electron chi connectivity index (χ0n) is 17.7. The van der Waals surface area contributed by atoms with Gasteiger partial charge in [0.2, 0.25) is 0 Å². The highest BCUT2D eigenvalue weighted by atomic mass is 16.5. The fourth-order valence-corrected chi connectivity index (χ4v) is 4.01. The van der Waals surface area contributed by atoms with E-state index in [1.54, 1.807) is 54.6 Å². The van der Waals surface area contributed by atoms with Gasteiger partial charge in [0.25, 0.3) is 5.91 Å². The van der Waals surface area contributed by atoms with Crippen molar-refractivity contribution in [3.05, 3.63) is 101 Å². The van der Waals surface area contributed by atoms with Crippen LogP contribution in [0.2, 0.25) is 0 Å². The molecule has 1 amide bonds. The highest BCUT2D eigenvalue weighted by molar-refractivity contribution is 6.02. The van der Waals surface area contributed by atoms with Gasteiger partial charge < -0.3 is 15.2 Å². The Morgan fingerprint density at radius 3 is 2.22 bits per heavy atom. The molecule has 1 aliphatic rings. The van der Waals surface area contributed by atoms with E-state index in [-0.39, 0.29) is 5.70 Å². The number of carbonyl (C=O) groups is 2. The van der Waals surface area contributed by atoms with Crippen LogP contribution in [0.5, 0.6) is 11.5 Å². The third-order valence-corrected chi connectivity index (χ3v) is 5.65. The second kappa shape index (κ2) is 9.96. The Morgan fingerprint density at radius 2 is 1.53 bits per heavy atom. The molecule has 1 saturated carbocycles. The van der Waals surface area contributed by atoms with Crippen LogP contribution in [0.1, 0.15) is 53.1 Å². The SMILES string of the molecule is O=C(O)C(=Cc1ccc(Oc2ccccc2C2CCCC2)cc1)NC(=O)c1ccccc1. The third kappa shape index (κ3) is 5.24. The molecule has 2 N–H and O–H groups in total. The van der Waals surface area contributed by atoms with Crippen molar-refractivity contribution in [2.24, 2.45) is 0 Å². The number of rotatable bonds is 7. The summed E-state index contributed by atoms with van der Waals surface area (Å²) in [6, 6.07) is 23.8. The Bertz CT molecular complexity index is 1110. The quantitative estimate of drug-likeness (QED) is 0.454. The van der Waals surface area contributed by atoms with Crippen molar-refractivity contribution in [3.63, 3.8) is 0 Å². The normalized spacial score (nSPS) is 14.2. The summed E-state index contributed by atoms with van der Waals surface area (Å²) in [6.45, 7) is 0. The molecule has 5 nitrogen and oxygen atoms in total. The van der Waals surface area contributed by atoms with Gasteiger partial charge in [0.1, 0.15) is 17.2 Å². The van der Waals surface area contributed by atoms with Gasteiger partial charge in [-0.25, -0.2) is 4.79 Å². The molecule has 0 unspecified atom stereocenters. The Labute approximate surface area is 187 Å². The Balaban J connectivity index is 1.48. The summed E-state index contributed by atoms with van der Waals surface area (Å²) < 4.78 is 6.14. The molecule has 1 aliphatic carbocycles. The molecule has 32 heavy (non-hydrogen) atoms. The van der Waals surface area contributed by atoms with Gasteiger partial charge >= 0.3 is 5.97 Å². The first-order chi connectivity index (χ1) is 15.6. The molecule has 0 heterocycles. The van der Waals surface area contributed by atoms with E-state index in [1.165, 1.54) is 37.3 Å². The number of ether oxygens (including phenoxy) is 1. The van der Waals surface area contributed by atoms with Crippen molar-refractivity contribution in [1.29, 1.82) is 0 Å². The van der Waals surface area contributed by atoms with Crippen molar-refractivity contribution in [1.82, 2.24) is 5.32 Å². The number of nitrogens with one attached hydrogen (secondary N) is 1. The molecular weight excluding hydrogens is 402 g/mol. The van der Waals surface area contributed by atoms with Crippen LogP contribution in [0.3, 0.4) is 0 Å². The zero-order chi connectivity index (χ0) is 22.3. The van der Waals surface area contributed by atoms with Gasteiger partial charge in [-0.3, -0.25) is 4.79 Å². The van der Waals surface area contributed by atoms with Crippen molar-refractivity contribution in [3.8, 4) is 11.5 Å². The van der Waals surface area contributed by atoms with Gasteiger partial charge in [-0.15, -0.1) is 0 Å². The topological polar surface area (TPSA) is 75.6 Å². The first-order valence-corrected chi connectivity index (χ1v) is 10.8. The first-order valence-electron chi connectivity index (χ1n) is 10.8. The second-order valence-corrected chi connectivity index (χ2v) is 7.87. The Hall–Kier alpha value is -3.86. The van der Waals surface area contributed by atoms with E-state index in [0.29, 0.717) is 22.8 Å². The molecule has 0 bridgehead atoms. The summed E-state index contributed by atoms with van der Waals surface area (Å²) in [6.07, 6.45) is 6.33. The summed E-state index contributed by atoms with van der Waals surface area (Å²) >= 11 is 0. The van der Waals surface area contributed by atoms with Crippen LogP contribution >= 0.6 is 0 Å². The number of carboxylic acid groups (broad SMARTS) is 1. The maximum absolute atomic E-state index is 12.3. The number of benzene rings is 3. The van der Waals surface area contributed by atoms with E-state index < -0.39 is 11.9 Å². The standard InChI is InChI=1S/C27H25NO4/c29-26(21-10-2-1-3-11-21)28-24(27(30)31)18-19-14-16-22(17-15-19)32-25-13-7-6-12-23(25)20-8-4-5-9-20/h1-3,6-7,10-18,20H,4-5,8-9H2,(H,28,29)(H,30,31). The molecule has 0 saturated heterocycles. The first kappa shape index (κ1) is 21.4. The Kier molecular flexibility index (Phi) is 6.66. The van der Waals surface area contributed by atoms with Gasteiger partial charge in [-0.05, 0) is 66.3 Å². The molecule has 1 fully saturated rings. The lowest BCUT2D eigenvalue weighted by molar-refractivity contribution is -0.132. The van der Waals surface area contributed by atoms with Crippen molar-refractivity contribution < 1.29 is 19.4 Å². The van der Waals surface area contributed by atoms with E-state index >= 15 is 0 Å². The molecular formula is C27H25NO4. The summed E-state index contributed by atoms with van der Waals surface area (Å²) in [5, 5.41) is 12.0. The number of amides is 1. The fraction of sp³-hybridized carbons (Fsp3) is 0.185. The maximum atomic E-state index is 12.3. The maximum Gasteiger partial charge on any atom is 0.352 e. The van der Waals surface area contributed by atoms with Gasteiger partial charge in [0.15, 0.2) is 0 Å². The number of aliphatic carboxylic acids is 1. The van der Waals surface area contributed by atoms with Crippen LogP contribution in [0.15, 0.2) is 84.6 Å². The van der Waals surface area contributed by atoms with E-state index in [2.05, 4.69) is 11.4 Å². The molecule has 3 aromatic carbocycles. The van der Waals surface area contributed by atoms with E-state index in [0.717, 1.165) is 5.75 Å². The van der Waals surface area contributed by atoms with Crippen LogP contribution < -0.4 is 10.1 Å². The number of para-hydroxylation sites is 1. The van der Waals surface area contributed by atoms with E-state index in [9.17, 15) is 14.7 Å². The van der Waals surface area contributed by atoms with E-state index in [1.807, 2.05) is 18.2 Å². The molecule has 0 radical (unpaired) electrons. The van der Waals surface area contributed by atoms with Crippen molar-refractivity contribution in [2.75, 3.05) is 0 Å². The monoisotopic (exact) mass is 427 g/mol. The largest absolute Gasteiger partial charge is 0.477 e. The lowest BCUT2D eigenvalue weighted by Crippen LogP contribution is -2.27. The molecule has 162 valence electrons. The van der Waals surface area contributed by atoms with Crippen molar-refractivity contribution >= 4 is 18.0 Å². The average Bonchev–Trinajstić information content (AvgIpc) is 3.35. The Morgan fingerprint density at radius 1 is 0.875 bits per heavy atom. The fourth-order valence-electron chi connectivity index (χ4n) is 4.01. The molecule has 0 aliphatic heterocycles. The van der Waals surface area contributed by atoms with Crippen LogP contribution in [-0.4, -0.2) is 17.0 Å². The van der Waals surface area contributed by atoms with Crippen LogP contribution in [0.4, 0.5) is 0 Å². The summed E-state index contributed by atoms with van der Waals surface area (Å²) in [5.41, 5.74) is 2.08. The molecule has 4 rings (SSSR count). The molecule has 5 heteroatoms. The zero-order valence-corrected chi connectivity index (χ0v) is 17.7. The second-order valence-electron chi connectivity index (χ2n) is 7.87. The lowest BCUT2D eigenvalue weighted by Gasteiger charge is -2.16. The summed E-state index contributed by atoms with van der Waals surface area (Å²) in [5.74, 6) is 0.407. The van der Waals surface area contributed by atoms with Gasteiger partial charge in [-0.1, -0.05) is 61.4 Å². The summed E-state index contributed by atoms with van der Waals surface area (Å²) in [7, 11) is 0. The third-order valence-electron chi connectivity index (χ3n) is 5.65. The minimum Gasteiger partial charge on any atom is -0.477 e. The lowest BCUT2D eigenvalue weighted by atomic mass is 9.97. The molecule has 0 atom stereocenters. The smallest absolute Gasteiger partial charge is 0.352 e. The van der Waals surface area contributed by atoms with Crippen LogP contribution in [0.25, 0.3) is 6.08 Å². The minimum absolute atomic E-state index is 0.195. The number of carbonyl (C=O) groups excluding carboxylic acids is 1. The highest BCUT2D eigenvalue weighted by Gasteiger charge is 2.20. The molecule has 0 aromatic heterocycles. The number of hydrogen-bond acceptors (Lipinski definition) is 3. The van der Waals surface area contributed by atoms with Crippen LogP contribution in [-0.2, 0) is 4.79 Å². The van der Waals surface area contributed by atoms with E-state index in [4.69, 9.17) is 4.74 Å². The van der Waals surface area contributed by atoms with Gasteiger partial charge in [-0.2, -0.15) is 0 Å². The average molecular weight is 428 g/mol. The van der Waals surface area contributed by atoms with Crippen LogP contribution in [0, 0.1) is 0 Å². The predicted octanol–water partition coefficient (Wildman–Crippen LogP) is 5.99. The number of hydrogen-bond donors (Lipinski definition) is 2.